The molecule has 50 heavy (non-hydrogen) atoms. The average molecular weight is 856 g/mol. The van der Waals surface area contributed by atoms with Crippen molar-refractivity contribution in [2.75, 3.05) is 50.8 Å². The highest BCUT2D eigenvalue weighted by Gasteiger charge is 2.35. The molecule has 0 fully saturated rings. The third kappa shape index (κ3) is 33.9. The van der Waals surface area contributed by atoms with Crippen LogP contribution >= 0.6 is 7.26 Å². The third-order valence-electron chi connectivity index (χ3n) is 11.9. The molecule has 0 rings (SSSR count). The number of hydrogen-bond acceptors (Lipinski definition) is 0. The summed E-state index contributed by atoms with van der Waals surface area (Å²) >= 11 is 0. The van der Waals surface area contributed by atoms with Gasteiger partial charge in [-0.2, -0.15) is 0 Å². The molecule has 0 N–H and O–H groups in total. The standard InChI is InChI=1S/C46H98NP.2BrH/c1-7-13-19-31-39-47(40-32-20-14-8-2,41-33-21-15-9-3)42-34-29-27-25-26-28-30-38-46-48(43-35-22-16-10-4,44-36-23-17-11-5)45-37-24-18-12-6;;/h7-46H2,1-6H3;2*1H/q+2;;/p-2. The Hall–Kier alpha value is 1.35. The lowest BCUT2D eigenvalue weighted by molar-refractivity contribution is -0.929. The van der Waals surface area contributed by atoms with E-state index in [4.69, 9.17) is 0 Å². The zero-order valence-electron chi connectivity index (χ0n) is 35.9. The smallest absolute Gasteiger partial charge is 0.0786 e. The van der Waals surface area contributed by atoms with Gasteiger partial charge in [-0.15, -0.1) is 0 Å². The first-order valence-electron chi connectivity index (χ1n) is 23.3. The van der Waals surface area contributed by atoms with Crippen LogP contribution in [0.3, 0.4) is 0 Å². The van der Waals surface area contributed by atoms with E-state index in [1.807, 2.05) is 0 Å². The lowest BCUT2D eigenvalue weighted by Crippen LogP contribution is -3.00. The van der Waals surface area contributed by atoms with Crippen molar-refractivity contribution in [3.63, 3.8) is 0 Å². The van der Waals surface area contributed by atoms with Crippen LogP contribution in [0.15, 0.2) is 0 Å². The van der Waals surface area contributed by atoms with Crippen molar-refractivity contribution in [3.05, 3.63) is 0 Å². The monoisotopic (exact) mass is 854 g/mol. The lowest BCUT2D eigenvalue weighted by atomic mass is 10.1. The zero-order chi connectivity index (χ0) is 35.3. The summed E-state index contributed by atoms with van der Waals surface area (Å²) in [4.78, 5) is 0. The lowest BCUT2D eigenvalue weighted by Gasteiger charge is -2.39. The molecule has 0 radical (unpaired) electrons. The Morgan fingerprint density at radius 2 is 0.420 bits per heavy atom. The second-order valence-corrected chi connectivity index (χ2v) is 21.1. The normalized spacial score (nSPS) is 11.9. The van der Waals surface area contributed by atoms with E-state index in [9.17, 15) is 0 Å². The highest BCUT2D eigenvalue weighted by molar-refractivity contribution is 7.75. The summed E-state index contributed by atoms with van der Waals surface area (Å²) in [7, 11) is -0.742. The molecule has 0 aliphatic rings. The summed E-state index contributed by atoms with van der Waals surface area (Å²) in [5, 5.41) is 0. The van der Waals surface area contributed by atoms with E-state index in [1.165, 1.54) is 210 Å². The third-order valence-corrected chi connectivity index (χ3v) is 17.0. The Morgan fingerprint density at radius 3 is 0.660 bits per heavy atom. The maximum absolute atomic E-state index is 2.38. The first kappa shape index (κ1) is 55.7. The summed E-state index contributed by atoms with van der Waals surface area (Å²) < 4.78 is 1.47. The predicted molar refractivity (Wildman–Crippen MR) is 228 cm³/mol. The van der Waals surface area contributed by atoms with E-state index < -0.39 is 7.26 Å². The topological polar surface area (TPSA) is 0 Å². The minimum atomic E-state index is -0.742. The first-order chi connectivity index (χ1) is 23.6. The van der Waals surface area contributed by atoms with Crippen LogP contribution in [0.1, 0.15) is 247 Å². The Labute approximate surface area is 341 Å². The molecule has 0 aromatic heterocycles. The molecule has 0 aliphatic heterocycles. The van der Waals surface area contributed by atoms with E-state index in [1.54, 1.807) is 50.3 Å². The summed E-state index contributed by atoms with van der Waals surface area (Å²) in [5.41, 5.74) is 0. The summed E-state index contributed by atoms with van der Waals surface area (Å²) in [5.74, 6) is 0. The average Bonchev–Trinajstić information content (AvgIpc) is 3.10. The number of quaternary nitrogens is 1. The van der Waals surface area contributed by atoms with Crippen molar-refractivity contribution in [2.24, 2.45) is 0 Å². The highest BCUT2D eigenvalue weighted by Crippen LogP contribution is 2.61. The van der Waals surface area contributed by atoms with Crippen LogP contribution in [0.2, 0.25) is 0 Å². The molecular formula is C46H98Br2NP. The fraction of sp³-hybridized carbons (Fsp3) is 1.00. The van der Waals surface area contributed by atoms with Crippen molar-refractivity contribution in [1.82, 2.24) is 0 Å². The maximum Gasteiger partial charge on any atom is 0.0786 e. The molecular weight excluding hydrogens is 757 g/mol. The van der Waals surface area contributed by atoms with Crippen LogP contribution in [0, 0.1) is 0 Å². The molecule has 4 heteroatoms. The van der Waals surface area contributed by atoms with Gasteiger partial charge in [-0.05, 0) is 103 Å². The molecule has 0 bridgehead atoms. The molecule has 1 nitrogen and oxygen atoms in total. The quantitative estimate of drug-likeness (QED) is 0.0327. The number of hydrogen-bond donors (Lipinski definition) is 0. The van der Waals surface area contributed by atoms with Crippen molar-refractivity contribution in [2.45, 2.75) is 247 Å². The van der Waals surface area contributed by atoms with E-state index in [0.717, 1.165) is 0 Å². The van der Waals surface area contributed by atoms with Crippen molar-refractivity contribution < 1.29 is 38.4 Å². The second kappa shape index (κ2) is 43.1. The van der Waals surface area contributed by atoms with Gasteiger partial charge in [0.25, 0.3) is 0 Å². The van der Waals surface area contributed by atoms with Crippen molar-refractivity contribution >= 4 is 7.26 Å². The van der Waals surface area contributed by atoms with Gasteiger partial charge in [0.1, 0.15) is 0 Å². The highest BCUT2D eigenvalue weighted by atomic mass is 79.9. The Kier molecular flexibility index (Phi) is 48.0. The van der Waals surface area contributed by atoms with Gasteiger partial charge in [0, 0.05) is 7.26 Å². The van der Waals surface area contributed by atoms with Gasteiger partial charge in [-0.1, -0.05) is 144 Å². The molecule has 0 spiro atoms. The Bertz CT molecular complexity index is 500. The van der Waals surface area contributed by atoms with Crippen LogP contribution < -0.4 is 34.0 Å². The van der Waals surface area contributed by atoms with Gasteiger partial charge in [-0.25, -0.2) is 0 Å². The first-order valence-corrected chi connectivity index (χ1v) is 25.8. The molecule has 306 valence electrons. The largest absolute Gasteiger partial charge is 1.00 e. The Balaban J connectivity index is -0.0000110. The number of unbranched alkanes of at least 4 members (excludes halogenated alkanes) is 25. The summed E-state index contributed by atoms with van der Waals surface area (Å²) in [6.07, 6.45) is 53.4. The van der Waals surface area contributed by atoms with Crippen LogP contribution in [0.4, 0.5) is 0 Å². The predicted octanol–water partition coefficient (Wildman–Crippen LogP) is 10.4. The molecule has 0 heterocycles. The molecule has 0 aromatic carbocycles. The van der Waals surface area contributed by atoms with Gasteiger partial charge in [0.05, 0.1) is 50.8 Å². The van der Waals surface area contributed by atoms with Crippen LogP contribution in [-0.2, 0) is 0 Å². The van der Waals surface area contributed by atoms with Crippen molar-refractivity contribution in [3.8, 4) is 0 Å². The van der Waals surface area contributed by atoms with Gasteiger partial charge in [0.2, 0.25) is 0 Å². The van der Waals surface area contributed by atoms with Gasteiger partial charge in [0.15, 0.2) is 0 Å². The summed E-state index contributed by atoms with van der Waals surface area (Å²) in [6, 6.07) is 0. The molecule has 0 saturated carbocycles. The molecule has 0 saturated heterocycles. The fourth-order valence-corrected chi connectivity index (χ4v) is 13.5. The molecule has 0 aromatic rings. The SMILES string of the molecule is CCCCCC[N+](CCCCCC)(CCCCCC)CCCCCCCCCC[P+](CCCCCC)(CCCCCC)CCCCCC.[Br-].[Br-]. The van der Waals surface area contributed by atoms with Gasteiger partial charge < -0.3 is 38.4 Å². The number of nitrogens with zero attached hydrogens (tertiary/aromatic N) is 1. The minimum absolute atomic E-state index is 0. The van der Waals surface area contributed by atoms with E-state index in [2.05, 4.69) is 41.5 Å². The molecule has 0 amide bonds. The molecule has 0 unspecified atom stereocenters. The van der Waals surface area contributed by atoms with Crippen molar-refractivity contribution in [1.29, 1.82) is 0 Å². The second-order valence-electron chi connectivity index (χ2n) is 16.7. The van der Waals surface area contributed by atoms with Gasteiger partial charge in [-0.3, -0.25) is 0 Å². The van der Waals surface area contributed by atoms with E-state index in [-0.39, 0.29) is 34.0 Å². The Morgan fingerprint density at radius 1 is 0.240 bits per heavy atom. The van der Waals surface area contributed by atoms with Crippen LogP contribution in [-0.4, -0.2) is 55.3 Å². The maximum atomic E-state index is 2.38. The number of halogens is 2. The molecule has 0 aliphatic carbocycles. The summed E-state index contributed by atoms with van der Waals surface area (Å²) in [6.45, 7) is 20.1. The fourth-order valence-electron chi connectivity index (χ4n) is 8.54. The zero-order valence-corrected chi connectivity index (χ0v) is 40.0. The number of rotatable bonds is 41. The van der Waals surface area contributed by atoms with E-state index in [0.29, 0.717) is 0 Å². The van der Waals surface area contributed by atoms with Crippen LogP contribution in [0.5, 0.6) is 0 Å². The van der Waals surface area contributed by atoms with Crippen LogP contribution in [0.25, 0.3) is 0 Å². The van der Waals surface area contributed by atoms with E-state index >= 15 is 0 Å². The molecule has 0 atom stereocenters. The minimum Gasteiger partial charge on any atom is -1.00 e. The van der Waals surface area contributed by atoms with Gasteiger partial charge >= 0.3 is 0 Å².